The van der Waals surface area contributed by atoms with E-state index in [0.29, 0.717) is 0 Å². The highest BCUT2D eigenvalue weighted by atomic mass is 32.2. The summed E-state index contributed by atoms with van der Waals surface area (Å²) in [6.45, 7) is 2.93. The first kappa shape index (κ1) is 13.9. The SMILES string of the molecule is CNCc1cnc(Sc2ccccc2OC)c(C)c1. The lowest BCUT2D eigenvalue weighted by atomic mass is 10.2. The number of aryl methyl sites for hydroxylation is 1. The van der Waals surface area contributed by atoms with Crippen molar-refractivity contribution in [2.45, 2.75) is 23.4 Å². The van der Waals surface area contributed by atoms with E-state index in [9.17, 15) is 0 Å². The van der Waals surface area contributed by atoms with Crippen LogP contribution in [0.3, 0.4) is 0 Å². The number of ether oxygens (including phenoxy) is 1. The van der Waals surface area contributed by atoms with E-state index in [1.807, 2.05) is 37.5 Å². The number of para-hydroxylation sites is 1. The average Bonchev–Trinajstić information content (AvgIpc) is 2.43. The number of rotatable bonds is 5. The van der Waals surface area contributed by atoms with Crippen molar-refractivity contribution in [1.29, 1.82) is 0 Å². The zero-order valence-electron chi connectivity index (χ0n) is 11.4. The minimum atomic E-state index is 0.841. The van der Waals surface area contributed by atoms with Crippen LogP contribution in [0, 0.1) is 6.92 Å². The number of hydrogen-bond acceptors (Lipinski definition) is 4. The molecule has 1 heterocycles. The van der Waals surface area contributed by atoms with Gasteiger partial charge in [0.25, 0.3) is 0 Å². The van der Waals surface area contributed by atoms with Gasteiger partial charge in [0.2, 0.25) is 0 Å². The van der Waals surface area contributed by atoms with Crippen LogP contribution < -0.4 is 10.1 Å². The Morgan fingerprint density at radius 3 is 2.79 bits per heavy atom. The maximum absolute atomic E-state index is 5.36. The van der Waals surface area contributed by atoms with E-state index in [0.717, 1.165) is 22.2 Å². The van der Waals surface area contributed by atoms with Crippen LogP contribution in [0.1, 0.15) is 11.1 Å². The fourth-order valence-corrected chi connectivity index (χ4v) is 2.77. The molecule has 0 aliphatic rings. The van der Waals surface area contributed by atoms with Crippen molar-refractivity contribution in [3.63, 3.8) is 0 Å². The minimum absolute atomic E-state index is 0.841. The second kappa shape index (κ2) is 6.59. The Balaban J connectivity index is 2.23. The van der Waals surface area contributed by atoms with E-state index < -0.39 is 0 Å². The van der Waals surface area contributed by atoms with Crippen LogP contribution in [0.2, 0.25) is 0 Å². The molecule has 0 spiro atoms. The topological polar surface area (TPSA) is 34.2 Å². The van der Waals surface area contributed by atoms with Gasteiger partial charge < -0.3 is 10.1 Å². The Hall–Kier alpha value is -1.52. The van der Waals surface area contributed by atoms with E-state index in [2.05, 4.69) is 23.3 Å². The maximum Gasteiger partial charge on any atom is 0.132 e. The molecule has 0 fully saturated rings. The van der Waals surface area contributed by atoms with Gasteiger partial charge in [-0.05, 0) is 37.2 Å². The number of nitrogens with one attached hydrogen (secondary N) is 1. The number of nitrogens with zero attached hydrogens (tertiary/aromatic N) is 1. The van der Waals surface area contributed by atoms with E-state index in [-0.39, 0.29) is 0 Å². The summed E-state index contributed by atoms with van der Waals surface area (Å²) in [5.74, 6) is 0.882. The van der Waals surface area contributed by atoms with Crippen molar-refractivity contribution in [2.75, 3.05) is 14.2 Å². The lowest BCUT2D eigenvalue weighted by Crippen LogP contribution is -2.05. The molecule has 4 heteroatoms. The molecule has 1 aromatic heterocycles. The molecule has 0 aliphatic carbocycles. The van der Waals surface area contributed by atoms with Gasteiger partial charge in [0.15, 0.2) is 0 Å². The van der Waals surface area contributed by atoms with Gasteiger partial charge in [-0.3, -0.25) is 0 Å². The summed E-state index contributed by atoms with van der Waals surface area (Å²) in [6.07, 6.45) is 1.92. The first-order valence-corrected chi connectivity index (χ1v) is 6.97. The fraction of sp³-hybridized carbons (Fsp3) is 0.267. The maximum atomic E-state index is 5.36. The lowest BCUT2D eigenvalue weighted by molar-refractivity contribution is 0.405. The molecule has 0 radical (unpaired) electrons. The van der Waals surface area contributed by atoms with Crippen LogP contribution in [0.25, 0.3) is 0 Å². The smallest absolute Gasteiger partial charge is 0.132 e. The molecular formula is C15H18N2OS. The molecule has 1 aromatic carbocycles. The number of aromatic nitrogens is 1. The summed E-state index contributed by atoms with van der Waals surface area (Å²) in [7, 11) is 3.63. The van der Waals surface area contributed by atoms with Gasteiger partial charge in [-0.25, -0.2) is 4.98 Å². The Bertz CT molecular complexity index is 558. The Labute approximate surface area is 118 Å². The molecule has 2 rings (SSSR count). The van der Waals surface area contributed by atoms with Crippen molar-refractivity contribution in [1.82, 2.24) is 10.3 Å². The highest BCUT2D eigenvalue weighted by Crippen LogP contribution is 2.35. The summed E-state index contributed by atoms with van der Waals surface area (Å²) < 4.78 is 5.36. The molecule has 0 bridgehead atoms. The summed E-state index contributed by atoms with van der Waals surface area (Å²) in [5, 5.41) is 4.15. The standard InChI is InChI=1S/C15H18N2OS/c1-11-8-12(9-16-2)10-17-15(11)19-14-7-5-4-6-13(14)18-3/h4-8,10,16H,9H2,1-3H3. The molecule has 0 saturated heterocycles. The van der Waals surface area contributed by atoms with Gasteiger partial charge in [0.1, 0.15) is 10.8 Å². The van der Waals surface area contributed by atoms with Crippen LogP contribution in [-0.2, 0) is 6.54 Å². The normalized spacial score (nSPS) is 10.5. The average molecular weight is 274 g/mol. The van der Waals surface area contributed by atoms with Crippen molar-refractivity contribution >= 4 is 11.8 Å². The number of benzene rings is 1. The van der Waals surface area contributed by atoms with E-state index >= 15 is 0 Å². The summed E-state index contributed by atoms with van der Waals surface area (Å²) in [5.41, 5.74) is 2.38. The van der Waals surface area contributed by atoms with Crippen LogP contribution in [0.5, 0.6) is 5.75 Å². The fourth-order valence-electron chi connectivity index (χ4n) is 1.84. The van der Waals surface area contributed by atoms with Crippen LogP contribution in [-0.4, -0.2) is 19.1 Å². The molecule has 1 N–H and O–H groups in total. The van der Waals surface area contributed by atoms with Crippen molar-refractivity contribution in [2.24, 2.45) is 0 Å². The largest absolute Gasteiger partial charge is 0.496 e. The third-order valence-electron chi connectivity index (χ3n) is 2.74. The Kier molecular flexibility index (Phi) is 4.82. The van der Waals surface area contributed by atoms with Crippen molar-refractivity contribution in [3.8, 4) is 5.75 Å². The first-order chi connectivity index (χ1) is 9.24. The third kappa shape index (κ3) is 3.49. The van der Waals surface area contributed by atoms with Crippen molar-refractivity contribution in [3.05, 3.63) is 47.7 Å². The summed E-state index contributed by atoms with van der Waals surface area (Å²) >= 11 is 1.64. The molecule has 19 heavy (non-hydrogen) atoms. The molecule has 0 atom stereocenters. The first-order valence-electron chi connectivity index (χ1n) is 6.15. The van der Waals surface area contributed by atoms with Crippen LogP contribution in [0.15, 0.2) is 46.5 Å². The summed E-state index contributed by atoms with van der Waals surface area (Å²) in [6, 6.07) is 10.2. The highest BCUT2D eigenvalue weighted by Gasteiger charge is 2.08. The van der Waals surface area contributed by atoms with Gasteiger partial charge in [-0.15, -0.1) is 0 Å². The van der Waals surface area contributed by atoms with Crippen molar-refractivity contribution < 1.29 is 4.74 Å². The molecular weight excluding hydrogens is 256 g/mol. The monoisotopic (exact) mass is 274 g/mol. The molecule has 0 aliphatic heterocycles. The van der Waals surface area contributed by atoms with E-state index in [1.165, 1.54) is 11.1 Å². The molecule has 0 amide bonds. The van der Waals surface area contributed by atoms with Gasteiger partial charge in [0.05, 0.1) is 12.0 Å². The third-order valence-corrected chi connectivity index (χ3v) is 3.92. The second-order valence-electron chi connectivity index (χ2n) is 4.25. The van der Waals surface area contributed by atoms with Gasteiger partial charge in [-0.1, -0.05) is 30.0 Å². The number of pyridine rings is 1. The van der Waals surface area contributed by atoms with Gasteiger partial charge in [0, 0.05) is 12.7 Å². The minimum Gasteiger partial charge on any atom is -0.496 e. The predicted molar refractivity (Wildman–Crippen MR) is 78.9 cm³/mol. The molecule has 100 valence electrons. The lowest BCUT2D eigenvalue weighted by Gasteiger charge is -2.10. The zero-order chi connectivity index (χ0) is 13.7. The Morgan fingerprint density at radius 2 is 2.11 bits per heavy atom. The van der Waals surface area contributed by atoms with Crippen LogP contribution >= 0.6 is 11.8 Å². The molecule has 0 saturated carbocycles. The number of methoxy groups -OCH3 is 1. The zero-order valence-corrected chi connectivity index (χ0v) is 12.3. The molecule has 3 nitrogen and oxygen atoms in total. The molecule has 2 aromatic rings. The summed E-state index contributed by atoms with van der Waals surface area (Å²) in [4.78, 5) is 5.62. The highest BCUT2D eigenvalue weighted by molar-refractivity contribution is 7.99. The quantitative estimate of drug-likeness (QED) is 0.907. The second-order valence-corrected chi connectivity index (χ2v) is 5.28. The van der Waals surface area contributed by atoms with E-state index in [4.69, 9.17) is 4.74 Å². The predicted octanol–water partition coefficient (Wildman–Crippen LogP) is 3.27. The van der Waals surface area contributed by atoms with E-state index in [1.54, 1.807) is 18.9 Å². The van der Waals surface area contributed by atoms with Gasteiger partial charge in [-0.2, -0.15) is 0 Å². The van der Waals surface area contributed by atoms with Gasteiger partial charge >= 0.3 is 0 Å². The number of hydrogen-bond donors (Lipinski definition) is 1. The van der Waals surface area contributed by atoms with Crippen LogP contribution in [0.4, 0.5) is 0 Å². The Morgan fingerprint density at radius 1 is 1.32 bits per heavy atom. The molecule has 0 unspecified atom stereocenters.